The van der Waals surface area contributed by atoms with E-state index in [4.69, 9.17) is 0 Å². The van der Waals surface area contributed by atoms with Crippen LogP contribution in [0, 0.1) is 0 Å². The first-order valence-corrected chi connectivity index (χ1v) is 14.2. The summed E-state index contributed by atoms with van der Waals surface area (Å²) in [6.45, 7) is 4.66. The van der Waals surface area contributed by atoms with Gasteiger partial charge in [-0.05, 0) is 93.0 Å². The molecule has 0 saturated carbocycles. The number of anilines is 4. The molecule has 0 saturated heterocycles. The average molecular weight is 529 g/mol. The van der Waals surface area contributed by atoms with Crippen LogP contribution in [-0.2, 0) is 5.41 Å². The summed E-state index contributed by atoms with van der Waals surface area (Å²) < 4.78 is 0. The number of hydrogen-bond donors (Lipinski definition) is 2. The lowest BCUT2D eigenvalue weighted by atomic mass is 9.82. The molecule has 0 spiro atoms. The summed E-state index contributed by atoms with van der Waals surface area (Å²) in [5.74, 6) is 0. The highest BCUT2D eigenvalue weighted by Gasteiger charge is 2.35. The third kappa shape index (κ3) is 4.79. The van der Waals surface area contributed by atoms with E-state index in [0.717, 1.165) is 22.7 Å². The highest BCUT2D eigenvalue weighted by Crippen LogP contribution is 2.50. The SMILES string of the molecule is CC1(C)c2cc(Nc3ccc(-c4ccccc4)cc3)ccc2-c2ccc(Nc3ccc(-c4ccccc4)cc3)cc21. The Kier molecular flexibility index (Phi) is 6.17. The van der Waals surface area contributed by atoms with Crippen molar-refractivity contribution in [3.63, 3.8) is 0 Å². The van der Waals surface area contributed by atoms with E-state index in [9.17, 15) is 0 Å². The lowest BCUT2D eigenvalue weighted by Crippen LogP contribution is -2.15. The largest absolute Gasteiger partial charge is 0.356 e. The summed E-state index contributed by atoms with van der Waals surface area (Å²) in [6, 6.07) is 51.8. The topological polar surface area (TPSA) is 24.1 Å². The molecule has 1 aliphatic carbocycles. The van der Waals surface area contributed by atoms with Crippen LogP contribution in [0.3, 0.4) is 0 Å². The van der Waals surface area contributed by atoms with Crippen molar-refractivity contribution in [2.24, 2.45) is 0 Å². The highest BCUT2D eigenvalue weighted by atomic mass is 14.9. The standard InChI is InChI=1S/C39H32N2/c1-39(2)37-25-33(40-31-17-13-29(14-18-31)27-9-5-3-6-10-27)21-23-35(37)36-24-22-34(26-38(36)39)41-32-19-15-30(16-20-32)28-11-7-4-8-12-28/h3-26,40-41H,1-2H3. The zero-order valence-corrected chi connectivity index (χ0v) is 23.4. The van der Waals surface area contributed by atoms with Gasteiger partial charge in [0.1, 0.15) is 0 Å². The fraction of sp³-hybridized carbons (Fsp3) is 0.0769. The quantitative estimate of drug-likeness (QED) is 0.225. The van der Waals surface area contributed by atoms with Crippen LogP contribution in [0.5, 0.6) is 0 Å². The van der Waals surface area contributed by atoms with Crippen molar-refractivity contribution in [1.29, 1.82) is 0 Å². The Morgan fingerprint density at radius 3 is 1.10 bits per heavy atom. The predicted molar refractivity (Wildman–Crippen MR) is 174 cm³/mol. The molecule has 2 nitrogen and oxygen atoms in total. The van der Waals surface area contributed by atoms with Gasteiger partial charge in [0.15, 0.2) is 0 Å². The van der Waals surface area contributed by atoms with Crippen LogP contribution in [0.2, 0.25) is 0 Å². The number of nitrogens with one attached hydrogen (secondary N) is 2. The molecular formula is C39H32N2. The molecule has 0 fully saturated rings. The fourth-order valence-electron chi connectivity index (χ4n) is 5.98. The van der Waals surface area contributed by atoms with E-state index in [1.165, 1.54) is 44.5 Å². The third-order valence-electron chi connectivity index (χ3n) is 8.24. The molecule has 2 N–H and O–H groups in total. The van der Waals surface area contributed by atoms with Crippen LogP contribution in [0.1, 0.15) is 25.0 Å². The molecular weight excluding hydrogens is 496 g/mol. The minimum absolute atomic E-state index is 0.103. The molecule has 0 heterocycles. The number of benzene rings is 6. The molecule has 198 valence electrons. The van der Waals surface area contributed by atoms with E-state index in [1.54, 1.807) is 0 Å². The first kappa shape index (κ1) is 24.9. The van der Waals surface area contributed by atoms with Crippen molar-refractivity contribution in [2.45, 2.75) is 19.3 Å². The summed E-state index contributed by atoms with van der Waals surface area (Å²) in [6.07, 6.45) is 0. The van der Waals surface area contributed by atoms with Gasteiger partial charge in [-0.2, -0.15) is 0 Å². The van der Waals surface area contributed by atoms with E-state index in [-0.39, 0.29) is 5.41 Å². The molecule has 41 heavy (non-hydrogen) atoms. The van der Waals surface area contributed by atoms with Crippen LogP contribution < -0.4 is 10.6 Å². The second-order valence-corrected chi connectivity index (χ2v) is 11.3. The summed E-state index contributed by atoms with van der Waals surface area (Å²) in [5, 5.41) is 7.25. The van der Waals surface area contributed by atoms with Crippen molar-refractivity contribution in [1.82, 2.24) is 0 Å². The Bertz CT molecular complexity index is 1680. The normalized spacial score (nSPS) is 12.8. The van der Waals surface area contributed by atoms with Gasteiger partial charge in [-0.3, -0.25) is 0 Å². The van der Waals surface area contributed by atoms with E-state index in [2.05, 4.69) is 170 Å². The third-order valence-corrected chi connectivity index (χ3v) is 8.24. The molecule has 0 aliphatic heterocycles. The first-order valence-electron chi connectivity index (χ1n) is 14.2. The second kappa shape index (κ2) is 10.1. The molecule has 2 heteroatoms. The fourth-order valence-corrected chi connectivity index (χ4v) is 5.98. The monoisotopic (exact) mass is 528 g/mol. The van der Waals surface area contributed by atoms with E-state index in [0.29, 0.717) is 0 Å². The summed E-state index contributed by atoms with van der Waals surface area (Å²) in [4.78, 5) is 0. The molecule has 1 aliphatic rings. The van der Waals surface area contributed by atoms with Gasteiger partial charge in [-0.25, -0.2) is 0 Å². The van der Waals surface area contributed by atoms with Crippen LogP contribution in [0.4, 0.5) is 22.7 Å². The zero-order valence-electron chi connectivity index (χ0n) is 23.4. The van der Waals surface area contributed by atoms with Crippen molar-refractivity contribution >= 4 is 22.7 Å². The van der Waals surface area contributed by atoms with Gasteiger partial charge < -0.3 is 10.6 Å². The Labute approximate surface area is 242 Å². The van der Waals surface area contributed by atoms with Crippen molar-refractivity contribution in [3.05, 3.63) is 157 Å². The molecule has 0 amide bonds. The minimum atomic E-state index is -0.103. The number of hydrogen-bond acceptors (Lipinski definition) is 2. The summed E-state index contributed by atoms with van der Waals surface area (Å²) in [5.41, 5.74) is 14.5. The molecule has 0 bridgehead atoms. The number of fused-ring (bicyclic) bond motifs is 3. The van der Waals surface area contributed by atoms with Gasteiger partial charge in [0.05, 0.1) is 0 Å². The molecule has 6 aromatic carbocycles. The molecule has 0 unspecified atom stereocenters. The summed E-state index contributed by atoms with van der Waals surface area (Å²) >= 11 is 0. The van der Waals surface area contributed by atoms with E-state index in [1.807, 2.05) is 0 Å². The molecule has 0 radical (unpaired) electrons. The van der Waals surface area contributed by atoms with E-state index >= 15 is 0 Å². The maximum atomic E-state index is 3.62. The zero-order chi connectivity index (χ0) is 27.8. The van der Waals surface area contributed by atoms with Crippen LogP contribution in [0.25, 0.3) is 33.4 Å². The van der Waals surface area contributed by atoms with Crippen molar-refractivity contribution < 1.29 is 0 Å². The predicted octanol–water partition coefficient (Wildman–Crippen LogP) is 10.8. The van der Waals surface area contributed by atoms with Crippen LogP contribution in [0.15, 0.2) is 146 Å². The van der Waals surface area contributed by atoms with Gasteiger partial charge in [-0.1, -0.05) is 111 Å². The van der Waals surface area contributed by atoms with Crippen molar-refractivity contribution in [3.8, 4) is 33.4 Å². The Hall–Kier alpha value is -5.08. The molecule has 6 aromatic rings. The Morgan fingerprint density at radius 2 is 0.707 bits per heavy atom. The van der Waals surface area contributed by atoms with Gasteiger partial charge in [0.2, 0.25) is 0 Å². The smallest absolute Gasteiger partial charge is 0.0387 e. The Balaban J connectivity index is 1.10. The molecule has 7 rings (SSSR count). The maximum Gasteiger partial charge on any atom is 0.0387 e. The minimum Gasteiger partial charge on any atom is -0.356 e. The van der Waals surface area contributed by atoms with Gasteiger partial charge >= 0.3 is 0 Å². The number of rotatable bonds is 6. The summed E-state index contributed by atoms with van der Waals surface area (Å²) in [7, 11) is 0. The molecule has 0 aromatic heterocycles. The highest BCUT2D eigenvalue weighted by molar-refractivity contribution is 5.85. The second-order valence-electron chi connectivity index (χ2n) is 11.3. The average Bonchev–Trinajstić information content (AvgIpc) is 3.24. The van der Waals surface area contributed by atoms with Gasteiger partial charge in [-0.15, -0.1) is 0 Å². The van der Waals surface area contributed by atoms with Gasteiger partial charge in [0.25, 0.3) is 0 Å². The van der Waals surface area contributed by atoms with E-state index < -0.39 is 0 Å². The lowest BCUT2D eigenvalue weighted by molar-refractivity contribution is 0.661. The Morgan fingerprint density at radius 1 is 0.366 bits per heavy atom. The maximum absolute atomic E-state index is 3.62. The molecule has 0 atom stereocenters. The van der Waals surface area contributed by atoms with Crippen molar-refractivity contribution in [2.75, 3.05) is 10.6 Å². The lowest BCUT2D eigenvalue weighted by Gasteiger charge is -2.23. The van der Waals surface area contributed by atoms with Crippen LogP contribution >= 0.6 is 0 Å². The first-order chi connectivity index (χ1) is 20.0. The van der Waals surface area contributed by atoms with Crippen LogP contribution in [-0.4, -0.2) is 0 Å². The van der Waals surface area contributed by atoms with Gasteiger partial charge in [0, 0.05) is 28.2 Å².